The molecule has 30 heavy (non-hydrogen) atoms. The second-order valence-electron chi connectivity index (χ2n) is 6.83. The molecule has 1 amide bonds. The fourth-order valence-corrected chi connectivity index (χ4v) is 5.14. The summed E-state index contributed by atoms with van der Waals surface area (Å²) in [6, 6.07) is 22.2. The van der Waals surface area contributed by atoms with Crippen molar-refractivity contribution in [2.45, 2.75) is 0 Å². The van der Waals surface area contributed by atoms with Crippen LogP contribution < -0.4 is 10.6 Å². The molecule has 2 aliphatic heterocycles. The number of carbonyl (C=O) groups is 1. The number of fused-ring (bicyclic) bond motifs is 1. The highest BCUT2D eigenvalue weighted by Gasteiger charge is 2.34. The standard InChI is InChI=1S/C23H14BrN3OS2/c24-14-8-6-13(7-9-14)15-10-11-16(12-4-2-1-3-5-12)18-17(15)19(26-21(18)25)20-22(29)27-23(28)30-20/h1-11H,(H2,25,26)(H,27,28,29)/b20-19+. The van der Waals surface area contributed by atoms with E-state index >= 15 is 0 Å². The van der Waals surface area contributed by atoms with Crippen LogP contribution in [0.15, 0.2) is 76.1 Å². The molecular weight excluding hydrogens is 478 g/mol. The summed E-state index contributed by atoms with van der Waals surface area (Å²) < 4.78 is 0.996. The highest BCUT2D eigenvalue weighted by molar-refractivity contribution is 9.10. The third-order valence-electron chi connectivity index (χ3n) is 5.04. The molecule has 0 aliphatic carbocycles. The van der Waals surface area contributed by atoms with Gasteiger partial charge in [-0.25, -0.2) is 0 Å². The number of hydrogen-bond acceptors (Lipinski definition) is 4. The summed E-state index contributed by atoms with van der Waals surface area (Å²) >= 11 is 9.95. The number of hydrogen-bond donors (Lipinski definition) is 3. The van der Waals surface area contributed by atoms with Crippen LogP contribution in [0.2, 0.25) is 0 Å². The lowest BCUT2D eigenvalue weighted by atomic mass is 9.89. The fraction of sp³-hybridized carbons (Fsp3) is 0. The first-order chi connectivity index (χ1) is 14.5. The maximum atomic E-state index is 11.9. The van der Waals surface area contributed by atoms with Gasteiger partial charge in [0.25, 0.3) is 5.24 Å². The van der Waals surface area contributed by atoms with E-state index in [4.69, 9.17) is 17.6 Å². The molecule has 146 valence electrons. The van der Waals surface area contributed by atoms with Gasteiger partial charge in [0.15, 0.2) is 0 Å². The molecule has 1 saturated heterocycles. The maximum absolute atomic E-state index is 11.9. The molecule has 0 saturated carbocycles. The molecule has 3 aromatic rings. The van der Waals surface area contributed by atoms with Crippen molar-refractivity contribution >= 4 is 61.7 Å². The van der Waals surface area contributed by atoms with E-state index in [1.54, 1.807) is 0 Å². The maximum Gasteiger partial charge on any atom is 0.289 e. The first kappa shape index (κ1) is 19.2. The van der Waals surface area contributed by atoms with E-state index in [1.807, 2.05) is 54.6 Å². The Labute approximate surface area is 191 Å². The van der Waals surface area contributed by atoms with Crippen molar-refractivity contribution in [3.63, 3.8) is 0 Å². The Hall–Kier alpha value is -2.74. The van der Waals surface area contributed by atoms with Crippen LogP contribution in [0.25, 0.3) is 28.0 Å². The van der Waals surface area contributed by atoms with Gasteiger partial charge in [-0.15, -0.1) is 0 Å². The van der Waals surface area contributed by atoms with Crippen molar-refractivity contribution in [2.24, 2.45) is 0 Å². The Morgan fingerprint density at radius 3 is 2.10 bits per heavy atom. The Morgan fingerprint density at radius 1 is 0.833 bits per heavy atom. The minimum Gasteiger partial charge on any atom is -0.339 e. The number of nitrogens with one attached hydrogen (secondary N) is 3. The predicted molar refractivity (Wildman–Crippen MR) is 131 cm³/mol. The van der Waals surface area contributed by atoms with Gasteiger partial charge in [-0.3, -0.25) is 10.2 Å². The van der Waals surface area contributed by atoms with Crippen LogP contribution in [0, 0.1) is 5.41 Å². The van der Waals surface area contributed by atoms with Gasteiger partial charge in [0.05, 0.1) is 10.6 Å². The summed E-state index contributed by atoms with van der Waals surface area (Å²) in [5, 5.41) is 14.4. The molecule has 0 radical (unpaired) electrons. The smallest absolute Gasteiger partial charge is 0.289 e. The van der Waals surface area contributed by atoms with Crippen molar-refractivity contribution in [1.29, 1.82) is 5.41 Å². The second kappa shape index (κ2) is 7.50. The molecule has 0 spiro atoms. The van der Waals surface area contributed by atoms with Gasteiger partial charge in [0.2, 0.25) is 0 Å². The first-order valence-corrected chi connectivity index (χ1v) is 11.2. The molecule has 3 aromatic carbocycles. The lowest BCUT2D eigenvalue weighted by molar-refractivity contribution is 0.265. The van der Waals surface area contributed by atoms with Gasteiger partial charge in [-0.05, 0) is 46.1 Å². The zero-order valence-electron chi connectivity index (χ0n) is 15.5. The minimum absolute atomic E-state index is 0.200. The zero-order chi connectivity index (χ0) is 20.8. The van der Waals surface area contributed by atoms with Crippen molar-refractivity contribution in [3.05, 3.63) is 87.2 Å². The van der Waals surface area contributed by atoms with Gasteiger partial charge in [-0.2, -0.15) is 0 Å². The summed E-state index contributed by atoms with van der Waals surface area (Å²) in [5.74, 6) is 0.299. The molecule has 2 aliphatic rings. The lowest BCUT2D eigenvalue weighted by Crippen LogP contribution is -2.19. The van der Waals surface area contributed by atoms with Crippen LogP contribution >= 0.6 is 39.9 Å². The molecule has 0 unspecified atom stereocenters. The van der Waals surface area contributed by atoms with E-state index in [2.05, 4.69) is 38.7 Å². The summed E-state index contributed by atoms with van der Waals surface area (Å²) in [7, 11) is 0. The number of thiocarbonyl (C=S) groups is 1. The number of rotatable bonds is 2. The summed E-state index contributed by atoms with van der Waals surface area (Å²) in [6.45, 7) is 0. The van der Waals surface area contributed by atoms with Crippen molar-refractivity contribution in [2.75, 3.05) is 0 Å². The average molecular weight is 492 g/mol. The zero-order valence-corrected chi connectivity index (χ0v) is 18.7. The minimum atomic E-state index is -0.200. The Balaban J connectivity index is 1.83. The Bertz CT molecular complexity index is 1270. The Kier molecular flexibility index (Phi) is 4.81. The summed E-state index contributed by atoms with van der Waals surface area (Å²) in [5.41, 5.74) is 6.42. The fourth-order valence-electron chi connectivity index (χ4n) is 3.75. The highest BCUT2D eigenvalue weighted by Crippen LogP contribution is 2.44. The van der Waals surface area contributed by atoms with Crippen LogP contribution in [0.5, 0.6) is 0 Å². The van der Waals surface area contributed by atoms with Gasteiger partial charge in [-0.1, -0.05) is 82.7 Å². The SMILES string of the molecule is N=C1N/C(=C2/SC(=O)NC2=S)c2c(-c3ccc(Br)cc3)ccc(-c3ccccc3)c21. The molecule has 4 nitrogen and oxygen atoms in total. The van der Waals surface area contributed by atoms with Gasteiger partial charge in [0, 0.05) is 15.6 Å². The number of halogens is 1. The van der Waals surface area contributed by atoms with E-state index < -0.39 is 0 Å². The van der Waals surface area contributed by atoms with E-state index in [0.717, 1.165) is 49.6 Å². The van der Waals surface area contributed by atoms with E-state index in [-0.39, 0.29) is 5.24 Å². The number of amides is 1. The largest absolute Gasteiger partial charge is 0.339 e. The Morgan fingerprint density at radius 2 is 1.47 bits per heavy atom. The molecule has 1 fully saturated rings. The van der Waals surface area contributed by atoms with Crippen LogP contribution in [0.4, 0.5) is 4.79 Å². The van der Waals surface area contributed by atoms with E-state index in [0.29, 0.717) is 21.4 Å². The van der Waals surface area contributed by atoms with Gasteiger partial charge in [0.1, 0.15) is 10.8 Å². The second-order valence-corrected chi connectivity index (χ2v) is 9.14. The van der Waals surface area contributed by atoms with Crippen LogP contribution in [0.3, 0.4) is 0 Å². The molecular formula is C23H14BrN3OS2. The van der Waals surface area contributed by atoms with Crippen molar-refractivity contribution in [1.82, 2.24) is 10.6 Å². The van der Waals surface area contributed by atoms with Crippen molar-refractivity contribution < 1.29 is 4.79 Å². The van der Waals surface area contributed by atoms with Gasteiger partial charge >= 0.3 is 0 Å². The first-order valence-electron chi connectivity index (χ1n) is 9.15. The predicted octanol–water partition coefficient (Wildman–Crippen LogP) is 6.16. The number of thioether (sulfide) groups is 1. The quantitative estimate of drug-likeness (QED) is 0.296. The number of carbonyl (C=O) groups excluding carboxylic acids is 1. The monoisotopic (exact) mass is 491 g/mol. The van der Waals surface area contributed by atoms with Crippen LogP contribution in [-0.2, 0) is 0 Å². The van der Waals surface area contributed by atoms with Gasteiger partial charge < -0.3 is 10.6 Å². The molecule has 0 atom stereocenters. The number of amidine groups is 1. The molecule has 7 heteroatoms. The molecule has 0 bridgehead atoms. The molecule has 2 heterocycles. The molecule has 3 N–H and O–H groups in total. The topological polar surface area (TPSA) is 65.0 Å². The average Bonchev–Trinajstić information content (AvgIpc) is 3.27. The lowest BCUT2D eigenvalue weighted by Gasteiger charge is -2.14. The molecule has 0 aromatic heterocycles. The van der Waals surface area contributed by atoms with Crippen LogP contribution in [0.1, 0.15) is 11.1 Å². The van der Waals surface area contributed by atoms with Crippen molar-refractivity contribution in [3.8, 4) is 22.3 Å². The molecule has 5 rings (SSSR count). The normalized spacial score (nSPS) is 17.7. The third-order valence-corrected chi connectivity index (χ3v) is 6.90. The highest BCUT2D eigenvalue weighted by atomic mass is 79.9. The summed E-state index contributed by atoms with van der Waals surface area (Å²) in [6.07, 6.45) is 0. The van der Waals surface area contributed by atoms with E-state index in [9.17, 15) is 4.79 Å². The third kappa shape index (κ3) is 3.19. The summed E-state index contributed by atoms with van der Waals surface area (Å²) in [4.78, 5) is 13.0. The number of benzene rings is 3. The van der Waals surface area contributed by atoms with E-state index in [1.165, 1.54) is 0 Å². The van der Waals surface area contributed by atoms with Crippen LogP contribution in [-0.4, -0.2) is 16.1 Å².